The average Bonchev–Trinajstić information content (AvgIpc) is 3.04. The molecule has 10 atom stereocenters. The van der Waals surface area contributed by atoms with Gasteiger partial charge in [0.2, 0.25) is 0 Å². The van der Waals surface area contributed by atoms with Crippen molar-refractivity contribution >= 4 is 0 Å². The molecule has 3 heteroatoms. The molecule has 3 N–H and O–H groups in total. The molecular weight excluding hydrogens is 372 g/mol. The molecular formula is C27H46O3. The molecule has 0 heterocycles. The van der Waals surface area contributed by atoms with Crippen molar-refractivity contribution < 1.29 is 15.3 Å². The van der Waals surface area contributed by atoms with Crippen molar-refractivity contribution in [1.82, 2.24) is 0 Å². The monoisotopic (exact) mass is 418 g/mol. The Kier molecular flexibility index (Phi) is 6.23. The highest BCUT2D eigenvalue weighted by Gasteiger charge is 2.59. The highest BCUT2D eigenvalue weighted by molar-refractivity contribution is 5.25. The van der Waals surface area contributed by atoms with Crippen molar-refractivity contribution in [2.45, 2.75) is 111 Å². The molecule has 3 fully saturated rings. The van der Waals surface area contributed by atoms with Crippen LogP contribution in [0.4, 0.5) is 0 Å². The van der Waals surface area contributed by atoms with Crippen LogP contribution >= 0.6 is 0 Å². The number of fused-ring (bicyclic) bond motifs is 5. The van der Waals surface area contributed by atoms with Crippen LogP contribution in [0.5, 0.6) is 0 Å². The summed E-state index contributed by atoms with van der Waals surface area (Å²) < 4.78 is 0. The first-order valence-corrected chi connectivity index (χ1v) is 12.8. The Morgan fingerprint density at radius 1 is 0.967 bits per heavy atom. The van der Waals surface area contributed by atoms with E-state index in [1.165, 1.54) is 32.1 Å². The molecule has 0 unspecified atom stereocenters. The number of aliphatic hydroxyl groups is 3. The van der Waals surface area contributed by atoms with Crippen LogP contribution in [0, 0.1) is 46.3 Å². The fraction of sp³-hybridized carbons (Fsp3) is 0.926. The molecule has 3 nitrogen and oxygen atoms in total. The maximum atomic E-state index is 11.0. The molecule has 0 aliphatic heterocycles. The van der Waals surface area contributed by atoms with Gasteiger partial charge in [-0.15, -0.1) is 0 Å². The van der Waals surface area contributed by atoms with Crippen molar-refractivity contribution in [3.63, 3.8) is 0 Å². The van der Waals surface area contributed by atoms with Gasteiger partial charge < -0.3 is 15.3 Å². The van der Waals surface area contributed by atoms with Crippen LogP contribution in [0.1, 0.15) is 92.4 Å². The quantitative estimate of drug-likeness (QED) is 0.529. The predicted molar refractivity (Wildman–Crippen MR) is 122 cm³/mol. The van der Waals surface area contributed by atoms with Crippen molar-refractivity contribution in [2.75, 3.05) is 0 Å². The molecule has 4 aliphatic carbocycles. The van der Waals surface area contributed by atoms with Gasteiger partial charge in [0.15, 0.2) is 0 Å². The lowest BCUT2D eigenvalue weighted by molar-refractivity contribution is -0.0722. The van der Waals surface area contributed by atoms with Gasteiger partial charge in [-0.2, -0.15) is 0 Å². The normalized spacial score (nSPS) is 46.4. The first-order valence-electron chi connectivity index (χ1n) is 12.8. The molecule has 0 aromatic heterocycles. The lowest BCUT2D eigenvalue weighted by Gasteiger charge is -2.58. The van der Waals surface area contributed by atoms with Gasteiger partial charge in [0.1, 0.15) is 0 Å². The van der Waals surface area contributed by atoms with Crippen LogP contribution < -0.4 is 0 Å². The van der Waals surface area contributed by atoms with Gasteiger partial charge in [-0.1, -0.05) is 46.3 Å². The van der Waals surface area contributed by atoms with Gasteiger partial charge in [-0.3, -0.25) is 0 Å². The fourth-order valence-electron chi connectivity index (χ4n) is 8.55. The zero-order chi connectivity index (χ0) is 21.8. The molecule has 0 aromatic carbocycles. The van der Waals surface area contributed by atoms with Crippen LogP contribution in [-0.4, -0.2) is 33.6 Å². The van der Waals surface area contributed by atoms with Crippen molar-refractivity contribution in [1.29, 1.82) is 0 Å². The molecule has 0 bridgehead atoms. The number of hydrogen-bond acceptors (Lipinski definition) is 3. The Morgan fingerprint density at radius 2 is 1.70 bits per heavy atom. The van der Waals surface area contributed by atoms with Crippen LogP contribution in [0.15, 0.2) is 11.6 Å². The number of allylic oxidation sites excluding steroid dienone is 1. The molecule has 0 amide bonds. The Labute approximate surface area is 184 Å². The van der Waals surface area contributed by atoms with E-state index in [2.05, 4.69) is 26.8 Å². The highest BCUT2D eigenvalue weighted by Crippen LogP contribution is 2.67. The number of hydrogen-bond donors (Lipinski definition) is 3. The molecule has 4 aliphatic rings. The van der Waals surface area contributed by atoms with Gasteiger partial charge in [-0.05, 0) is 104 Å². The van der Waals surface area contributed by atoms with E-state index in [1.54, 1.807) is 5.57 Å². The Bertz CT molecular complexity index is 656. The number of aliphatic hydroxyl groups excluding tert-OH is 3. The summed E-state index contributed by atoms with van der Waals surface area (Å²) in [4.78, 5) is 0. The minimum atomic E-state index is -0.410. The molecule has 3 saturated carbocycles. The molecule has 172 valence electrons. The second kappa shape index (κ2) is 8.19. The average molecular weight is 419 g/mol. The fourth-order valence-corrected chi connectivity index (χ4v) is 8.55. The first-order chi connectivity index (χ1) is 14.1. The summed E-state index contributed by atoms with van der Waals surface area (Å²) >= 11 is 0. The van der Waals surface area contributed by atoms with E-state index in [4.69, 9.17) is 0 Å². The third-order valence-electron chi connectivity index (χ3n) is 10.6. The van der Waals surface area contributed by atoms with Crippen LogP contribution in [0.2, 0.25) is 0 Å². The molecule has 0 spiro atoms. The summed E-state index contributed by atoms with van der Waals surface area (Å²) in [6.07, 6.45) is 11.4. The SMILES string of the molecule is CC(C)[C@@H](O)C[C@@H](O)[C@@H](C)[C@H]1CC[C@H]2[C@@H]3CC=C4C[C@@H](O)CC[C@]4(C)[C@H]3CC[C@]12C. The third-order valence-corrected chi connectivity index (χ3v) is 10.6. The summed E-state index contributed by atoms with van der Waals surface area (Å²) in [6.45, 7) is 11.3. The summed E-state index contributed by atoms with van der Waals surface area (Å²) in [5, 5.41) is 31.5. The van der Waals surface area contributed by atoms with Gasteiger partial charge in [0.05, 0.1) is 18.3 Å². The van der Waals surface area contributed by atoms with E-state index in [1.807, 2.05) is 13.8 Å². The summed E-state index contributed by atoms with van der Waals surface area (Å²) in [5.74, 6) is 3.30. The van der Waals surface area contributed by atoms with E-state index in [0.717, 1.165) is 37.0 Å². The van der Waals surface area contributed by atoms with E-state index >= 15 is 0 Å². The first kappa shape index (κ1) is 22.8. The van der Waals surface area contributed by atoms with E-state index in [9.17, 15) is 15.3 Å². The smallest absolute Gasteiger partial charge is 0.0593 e. The summed E-state index contributed by atoms with van der Waals surface area (Å²) in [7, 11) is 0. The number of rotatable bonds is 5. The second-order valence-electron chi connectivity index (χ2n) is 12.4. The summed E-state index contributed by atoms with van der Waals surface area (Å²) in [5.41, 5.74) is 2.17. The molecule has 30 heavy (non-hydrogen) atoms. The molecule has 4 rings (SSSR count). The van der Waals surface area contributed by atoms with Crippen molar-refractivity contribution in [3.8, 4) is 0 Å². The highest BCUT2D eigenvalue weighted by atomic mass is 16.3. The van der Waals surface area contributed by atoms with E-state index in [0.29, 0.717) is 23.2 Å². The minimum Gasteiger partial charge on any atom is -0.393 e. The van der Waals surface area contributed by atoms with Gasteiger partial charge in [-0.25, -0.2) is 0 Å². The lowest BCUT2D eigenvalue weighted by atomic mass is 9.47. The molecule has 0 aromatic rings. The molecule has 0 radical (unpaired) electrons. The zero-order valence-electron chi connectivity index (χ0n) is 20.0. The third kappa shape index (κ3) is 3.61. The maximum Gasteiger partial charge on any atom is 0.0593 e. The zero-order valence-corrected chi connectivity index (χ0v) is 20.0. The van der Waals surface area contributed by atoms with Crippen LogP contribution in [0.25, 0.3) is 0 Å². The van der Waals surface area contributed by atoms with Crippen molar-refractivity contribution in [3.05, 3.63) is 11.6 Å². The van der Waals surface area contributed by atoms with Crippen LogP contribution in [0.3, 0.4) is 0 Å². The standard InChI is InChI=1S/C27H46O3/c1-16(2)24(29)15-25(30)17(3)21-8-9-22-20-7-6-18-14-19(28)10-12-26(18,4)23(20)11-13-27(21,22)5/h6,16-17,19-25,28-30H,7-15H2,1-5H3/t17-,19-,20-,21+,22-,23-,24-,25+,26-,27+/m0/s1. The lowest BCUT2D eigenvalue weighted by Crippen LogP contribution is -2.51. The van der Waals surface area contributed by atoms with Gasteiger partial charge >= 0.3 is 0 Å². The second-order valence-corrected chi connectivity index (χ2v) is 12.4. The maximum absolute atomic E-state index is 11.0. The van der Waals surface area contributed by atoms with Gasteiger partial charge in [0, 0.05) is 0 Å². The largest absolute Gasteiger partial charge is 0.393 e. The predicted octanol–water partition coefficient (Wildman–Crippen LogP) is 5.33. The Balaban J connectivity index is 1.51. The van der Waals surface area contributed by atoms with Crippen molar-refractivity contribution in [2.24, 2.45) is 46.3 Å². The van der Waals surface area contributed by atoms with E-state index < -0.39 is 12.2 Å². The van der Waals surface area contributed by atoms with E-state index in [-0.39, 0.29) is 17.9 Å². The summed E-state index contributed by atoms with van der Waals surface area (Å²) in [6, 6.07) is 0. The van der Waals surface area contributed by atoms with Gasteiger partial charge in [0.25, 0.3) is 0 Å². The molecule has 0 saturated heterocycles. The Morgan fingerprint density at radius 3 is 2.40 bits per heavy atom. The topological polar surface area (TPSA) is 60.7 Å². The van der Waals surface area contributed by atoms with Crippen LogP contribution in [-0.2, 0) is 0 Å². The minimum absolute atomic E-state index is 0.130. The Hall–Kier alpha value is -0.380.